The van der Waals surface area contributed by atoms with Crippen LogP contribution < -0.4 is 4.74 Å². The van der Waals surface area contributed by atoms with Crippen LogP contribution in [0.5, 0.6) is 5.75 Å². The Hall–Kier alpha value is -2.45. The Bertz CT molecular complexity index is 944. The summed E-state index contributed by atoms with van der Waals surface area (Å²) in [5, 5.41) is 5.24. The monoisotopic (exact) mass is 362 g/mol. The minimum atomic E-state index is -0.453. The maximum Gasteiger partial charge on any atom is 0.348 e. The predicted molar refractivity (Wildman–Crippen MR) is 89.1 cm³/mol. The second kappa shape index (κ2) is 6.12. The highest BCUT2D eigenvalue weighted by molar-refractivity contribution is 7.20. The lowest BCUT2D eigenvalue weighted by atomic mass is 10.1. The Kier molecular flexibility index (Phi) is 3.93. The summed E-state index contributed by atoms with van der Waals surface area (Å²) in [4.78, 5) is 13.8. The molecular weight excluding hydrogens is 347 g/mol. The van der Waals surface area contributed by atoms with Crippen molar-refractivity contribution in [1.82, 2.24) is 9.78 Å². The first-order chi connectivity index (χ1) is 12.0. The second-order valence-corrected chi connectivity index (χ2v) is 6.81. The molecule has 3 heterocycles. The van der Waals surface area contributed by atoms with Crippen molar-refractivity contribution in [3.8, 4) is 5.75 Å². The van der Waals surface area contributed by atoms with E-state index in [1.165, 1.54) is 23.5 Å². The fourth-order valence-electron chi connectivity index (χ4n) is 2.88. The van der Waals surface area contributed by atoms with Crippen LogP contribution in [0, 0.1) is 12.7 Å². The molecule has 0 spiro atoms. The number of carbonyl (C=O) groups excluding carboxylic acids is 1. The van der Waals surface area contributed by atoms with Gasteiger partial charge in [-0.2, -0.15) is 5.10 Å². The van der Waals surface area contributed by atoms with Gasteiger partial charge in [0.05, 0.1) is 12.3 Å². The summed E-state index contributed by atoms with van der Waals surface area (Å²) in [7, 11) is 1.83. The van der Waals surface area contributed by atoms with Crippen LogP contribution in [0.3, 0.4) is 0 Å². The molecule has 2 aromatic heterocycles. The first kappa shape index (κ1) is 16.0. The molecule has 0 saturated carbocycles. The molecule has 0 aliphatic carbocycles. The van der Waals surface area contributed by atoms with Crippen molar-refractivity contribution in [2.45, 2.75) is 20.1 Å². The molecule has 0 fully saturated rings. The molecule has 0 atom stereocenters. The van der Waals surface area contributed by atoms with Crippen LogP contribution >= 0.6 is 11.3 Å². The zero-order valence-electron chi connectivity index (χ0n) is 13.7. The fraction of sp³-hybridized carbons (Fsp3) is 0.294. The number of rotatable bonds is 3. The number of fused-ring (bicyclic) bond motifs is 2. The summed E-state index contributed by atoms with van der Waals surface area (Å²) >= 11 is 1.32. The molecule has 1 aliphatic rings. The van der Waals surface area contributed by atoms with Crippen LogP contribution in [0.25, 0.3) is 10.2 Å². The van der Waals surface area contributed by atoms with Gasteiger partial charge in [-0.15, -0.1) is 11.3 Å². The van der Waals surface area contributed by atoms with E-state index in [1.54, 1.807) is 10.7 Å². The molecule has 1 aliphatic heterocycles. The van der Waals surface area contributed by atoms with Crippen LogP contribution in [-0.2, 0) is 29.7 Å². The van der Waals surface area contributed by atoms with Crippen molar-refractivity contribution in [2.24, 2.45) is 7.05 Å². The molecule has 1 aromatic carbocycles. The summed E-state index contributed by atoms with van der Waals surface area (Å²) in [5.74, 6) is -0.343. The normalized spacial score (nSPS) is 13.6. The van der Waals surface area contributed by atoms with Crippen LogP contribution in [0.2, 0.25) is 0 Å². The van der Waals surface area contributed by atoms with Gasteiger partial charge in [0.25, 0.3) is 0 Å². The van der Waals surface area contributed by atoms with Gasteiger partial charge in [-0.05, 0) is 25.1 Å². The first-order valence-corrected chi connectivity index (χ1v) is 8.46. The molecule has 0 saturated heterocycles. The van der Waals surface area contributed by atoms with Gasteiger partial charge < -0.3 is 14.2 Å². The molecule has 0 unspecified atom stereocenters. The van der Waals surface area contributed by atoms with Crippen molar-refractivity contribution < 1.29 is 23.4 Å². The van der Waals surface area contributed by atoms with Crippen molar-refractivity contribution in [1.29, 1.82) is 0 Å². The number of aromatic nitrogens is 2. The molecule has 0 N–H and O–H groups in total. The van der Waals surface area contributed by atoms with E-state index in [9.17, 15) is 9.18 Å². The van der Waals surface area contributed by atoms with E-state index in [0.29, 0.717) is 21.8 Å². The van der Waals surface area contributed by atoms with Gasteiger partial charge in [0.1, 0.15) is 27.9 Å². The number of carbonyl (C=O) groups is 1. The number of hydrogen-bond donors (Lipinski definition) is 0. The van der Waals surface area contributed by atoms with Crippen molar-refractivity contribution in [2.75, 3.05) is 6.79 Å². The summed E-state index contributed by atoms with van der Waals surface area (Å²) in [6.07, 6.45) is 0. The molecule has 0 amide bonds. The predicted octanol–water partition coefficient (Wildman–Crippen LogP) is 3.31. The van der Waals surface area contributed by atoms with Gasteiger partial charge in [-0.3, -0.25) is 4.68 Å². The van der Waals surface area contributed by atoms with Crippen LogP contribution in [0.15, 0.2) is 18.2 Å². The maximum atomic E-state index is 13.7. The number of esters is 1. The highest BCUT2D eigenvalue weighted by atomic mass is 32.1. The molecule has 6 nitrogen and oxygen atoms in total. The first-order valence-electron chi connectivity index (χ1n) is 7.65. The minimum absolute atomic E-state index is 0.0651. The average Bonchev–Trinajstić information content (AvgIpc) is 3.14. The number of nitrogens with zero attached hydrogens (tertiary/aromatic N) is 2. The van der Waals surface area contributed by atoms with Gasteiger partial charge in [0.15, 0.2) is 6.79 Å². The smallest absolute Gasteiger partial charge is 0.348 e. The molecule has 8 heteroatoms. The lowest BCUT2D eigenvalue weighted by Crippen LogP contribution is -2.14. The van der Waals surface area contributed by atoms with E-state index >= 15 is 0 Å². The number of aryl methyl sites for hydroxylation is 2. The summed E-state index contributed by atoms with van der Waals surface area (Å²) < 4.78 is 31.4. The van der Waals surface area contributed by atoms with E-state index in [1.807, 2.05) is 14.0 Å². The Morgan fingerprint density at radius 3 is 3.08 bits per heavy atom. The number of hydrogen-bond acceptors (Lipinski definition) is 6. The molecule has 0 bridgehead atoms. The fourth-order valence-corrected chi connectivity index (χ4v) is 3.90. The quantitative estimate of drug-likeness (QED) is 0.669. The van der Waals surface area contributed by atoms with Crippen LogP contribution in [0.1, 0.15) is 26.5 Å². The molecular formula is C17H15FN2O4S. The second-order valence-electron chi connectivity index (χ2n) is 5.78. The summed E-state index contributed by atoms with van der Waals surface area (Å²) in [5.41, 5.74) is 1.96. The standard InChI is InChI=1S/C17H15FN2O4S/c1-9-13-5-14(25-16(13)20(2)19-9)17(21)23-7-11-4-12(18)3-10-6-22-8-24-15(10)11/h3-5H,6-8H2,1-2H3. The lowest BCUT2D eigenvalue weighted by Gasteiger charge is -2.20. The third-order valence-electron chi connectivity index (χ3n) is 4.01. The third kappa shape index (κ3) is 2.87. The molecule has 3 aromatic rings. The number of ether oxygens (including phenoxy) is 3. The van der Waals surface area contributed by atoms with Gasteiger partial charge in [-0.1, -0.05) is 0 Å². The Morgan fingerprint density at radius 1 is 1.44 bits per heavy atom. The van der Waals surface area contributed by atoms with E-state index in [4.69, 9.17) is 14.2 Å². The average molecular weight is 362 g/mol. The Morgan fingerprint density at radius 2 is 2.28 bits per heavy atom. The van der Waals surface area contributed by atoms with Crippen molar-refractivity contribution >= 4 is 27.5 Å². The van der Waals surface area contributed by atoms with Crippen LogP contribution in [-0.4, -0.2) is 22.5 Å². The summed E-state index contributed by atoms with van der Waals surface area (Å²) in [6.45, 7) is 2.20. The topological polar surface area (TPSA) is 62.6 Å². The largest absolute Gasteiger partial charge is 0.467 e. The molecule has 130 valence electrons. The zero-order valence-corrected chi connectivity index (χ0v) is 14.5. The van der Waals surface area contributed by atoms with Crippen molar-refractivity contribution in [3.63, 3.8) is 0 Å². The number of halogens is 1. The molecule has 4 rings (SSSR count). The highest BCUT2D eigenvalue weighted by Gasteiger charge is 2.20. The number of thiophene rings is 1. The highest BCUT2D eigenvalue weighted by Crippen LogP contribution is 2.31. The van der Waals surface area contributed by atoms with Gasteiger partial charge >= 0.3 is 5.97 Å². The Balaban J connectivity index is 1.55. The van der Waals surface area contributed by atoms with E-state index in [2.05, 4.69) is 5.10 Å². The Labute approximate surface area is 146 Å². The molecule has 25 heavy (non-hydrogen) atoms. The maximum absolute atomic E-state index is 13.7. The zero-order chi connectivity index (χ0) is 17.6. The van der Waals surface area contributed by atoms with E-state index in [-0.39, 0.29) is 20.0 Å². The minimum Gasteiger partial charge on any atom is -0.467 e. The van der Waals surface area contributed by atoms with Crippen molar-refractivity contribution in [3.05, 3.63) is 45.7 Å². The van der Waals surface area contributed by atoms with Gasteiger partial charge in [-0.25, -0.2) is 9.18 Å². The van der Waals surface area contributed by atoms with Gasteiger partial charge in [0.2, 0.25) is 0 Å². The van der Waals surface area contributed by atoms with E-state index < -0.39 is 11.8 Å². The SMILES string of the molecule is Cc1nn(C)c2sc(C(=O)OCc3cc(F)cc4c3OCOC4)cc12. The third-order valence-corrected chi connectivity index (χ3v) is 5.19. The lowest BCUT2D eigenvalue weighted by molar-refractivity contribution is -0.0182. The molecule has 0 radical (unpaired) electrons. The van der Waals surface area contributed by atoms with E-state index in [0.717, 1.165) is 15.9 Å². The summed E-state index contributed by atoms with van der Waals surface area (Å²) in [6, 6.07) is 4.45. The number of benzene rings is 1. The van der Waals surface area contributed by atoms with Crippen LogP contribution in [0.4, 0.5) is 4.39 Å². The van der Waals surface area contributed by atoms with Gasteiger partial charge in [0, 0.05) is 23.6 Å².